The van der Waals surface area contributed by atoms with Crippen molar-refractivity contribution in [2.24, 2.45) is 0 Å². The molecule has 0 spiro atoms. The molecule has 27 heavy (non-hydrogen) atoms. The van der Waals surface area contributed by atoms with Gasteiger partial charge in [0.15, 0.2) is 0 Å². The van der Waals surface area contributed by atoms with Gasteiger partial charge in [-0.25, -0.2) is 9.07 Å². The first-order valence-corrected chi connectivity index (χ1v) is 9.39. The summed E-state index contributed by atoms with van der Waals surface area (Å²) in [6.45, 7) is 5.02. The highest BCUT2D eigenvalue weighted by molar-refractivity contribution is 5.41. The molecule has 3 aromatic rings. The van der Waals surface area contributed by atoms with Gasteiger partial charge in [-0.05, 0) is 50.1 Å². The van der Waals surface area contributed by atoms with E-state index in [-0.39, 0.29) is 5.82 Å². The minimum atomic E-state index is -0.230. The maximum Gasteiger partial charge on any atom is 0.123 e. The molecular formula is C23H24FN3. The molecule has 2 atom stereocenters. The molecule has 1 N–H and O–H groups in total. The highest BCUT2D eigenvalue weighted by Gasteiger charge is 2.25. The average molecular weight is 361 g/mol. The molecule has 1 aromatic heterocycles. The molecule has 1 aliphatic rings. The van der Waals surface area contributed by atoms with Gasteiger partial charge in [-0.1, -0.05) is 42.5 Å². The second kappa shape index (κ2) is 7.49. The lowest BCUT2D eigenvalue weighted by atomic mass is 9.96. The maximum absolute atomic E-state index is 13.2. The fourth-order valence-electron chi connectivity index (χ4n) is 3.93. The van der Waals surface area contributed by atoms with Crippen LogP contribution in [0, 0.1) is 19.7 Å². The lowest BCUT2D eigenvalue weighted by Crippen LogP contribution is -2.25. The molecular weight excluding hydrogens is 337 g/mol. The first-order chi connectivity index (χ1) is 13.1. The molecule has 1 aliphatic carbocycles. The normalized spacial score (nSPS) is 18.9. The van der Waals surface area contributed by atoms with Crippen LogP contribution in [0.15, 0.2) is 66.7 Å². The first kappa shape index (κ1) is 17.7. The second-order valence-electron chi connectivity index (χ2n) is 7.17. The van der Waals surface area contributed by atoms with Crippen LogP contribution < -0.4 is 5.32 Å². The summed E-state index contributed by atoms with van der Waals surface area (Å²) < 4.78 is 15.1. The Hall–Kier alpha value is -2.72. The highest BCUT2D eigenvalue weighted by Crippen LogP contribution is 2.34. The highest BCUT2D eigenvalue weighted by atomic mass is 19.1. The number of benzene rings is 2. The van der Waals surface area contributed by atoms with Gasteiger partial charge >= 0.3 is 0 Å². The summed E-state index contributed by atoms with van der Waals surface area (Å²) >= 11 is 0. The van der Waals surface area contributed by atoms with E-state index >= 15 is 0 Å². The van der Waals surface area contributed by atoms with E-state index in [1.54, 1.807) is 12.1 Å². The van der Waals surface area contributed by atoms with Crippen LogP contribution in [0.3, 0.4) is 0 Å². The van der Waals surface area contributed by atoms with Gasteiger partial charge in [-0.2, -0.15) is 5.10 Å². The minimum absolute atomic E-state index is 0.230. The van der Waals surface area contributed by atoms with E-state index in [2.05, 4.69) is 55.6 Å². The van der Waals surface area contributed by atoms with Crippen molar-refractivity contribution in [3.63, 3.8) is 0 Å². The number of halogens is 1. The van der Waals surface area contributed by atoms with E-state index in [1.165, 1.54) is 23.3 Å². The zero-order valence-electron chi connectivity index (χ0n) is 15.7. The number of aryl methyl sites for hydroxylation is 1. The van der Waals surface area contributed by atoms with Crippen LogP contribution in [0.25, 0.3) is 5.69 Å². The predicted octanol–water partition coefficient (Wildman–Crippen LogP) is 4.83. The molecule has 2 aromatic carbocycles. The quantitative estimate of drug-likeness (QED) is 0.660. The number of aromatic nitrogens is 2. The van der Waals surface area contributed by atoms with Gasteiger partial charge in [-0.3, -0.25) is 0 Å². The van der Waals surface area contributed by atoms with Gasteiger partial charge in [-0.15, -0.1) is 0 Å². The van der Waals surface area contributed by atoms with Gasteiger partial charge in [0.2, 0.25) is 0 Å². The SMILES string of the molecule is Cc1nn(-c2ccc(F)cc2)c(C)c1[C@H]1C=C[C@@H](NCc2ccccc2)C1. The Morgan fingerprint density at radius 2 is 1.78 bits per heavy atom. The standard InChI is InChI=1S/C23H24FN3/c1-16-23(17(2)27(26-16)22-12-9-20(24)10-13-22)19-8-11-21(14-19)25-15-18-6-4-3-5-7-18/h3-13,19,21,25H,14-15H2,1-2H3/t19-,21+/m0/s1. The molecule has 0 fully saturated rings. The van der Waals surface area contributed by atoms with Crippen molar-refractivity contribution in [2.75, 3.05) is 0 Å². The van der Waals surface area contributed by atoms with Crippen LogP contribution >= 0.6 is 0 Å². The molecule has 0 radical (unpaired) electrons. The summed E-state index contributed by atoms with van der Waals surface area (Å²) in [5.41, 5.74) is 5.63. The Morgan fingerprint density at radius 3 is 2.52 bits per heavy atom. The van der Waals surface area contributed by atoms with E-state index in [1.807, 2.05) is 10.7 Å². The predicted molar refractivity (Wildman–Crippen MR) is 107 cm³/mol. The molecule has 3 nitrogen and oxygen atoms in total. The van der Waals surface area contributed by atoms with Crippen molar-refractivity contribution in [3.05, 3.63) is 95.1 Å². The Balaban J connectivity index is 1.48. The van der Waals surface area contributed by atoms with Gasteiger partial charge in [0.1, 0.15) is 5.82 Å². The van der Waals surface area contributed by atoms with E-state index in [0.717, 1.165) is 30.0 Å². The third-order valence-electron chi connectivity index (χ3n) is 5.28. The van der Waals surface area contributed by atoms with E-state index < -0.39 is 0 Å². The summed E-state index contributed by atoms with van der Waals surface area (Å²) in [4.78, 5) is 0. The van der Waals surface area contributed by atoms with Crippen molar-refractivity contribution in [3.8, 4) is 5.69 Å². The van der Waals surface area contributed by atoms with Crippen molar-refractivity contribution < 1.29 is 4.39 Å². The molecule has 1 heterocycles. The molecule has 0 amide bonds. The molecule has 0 bridgehead atoms. The van der Waals surface area contributed by atoms with E-state index in [4.69, 9.17) is 5.10 Å². The number of rotatable bonds is 5. The summed E-state index contributed by atoms with van der Waals surface area (Å²) in [7, 11) is 0. The summed E-state index contributed by atoms with van der Waals surface area (Å²) in [5, 5.41) is 8.34. The molecule has 0 unspecified atom stereocenters. The van der Waals surface area contributed by atoms with E-state index in [0.29, 0.717) is 12.0 Å². The molecule has 4 rings (SSSR count). The lowest BCUT2D eigenvalue weighted by molar-refractivity contribution is 0.559. The van der Waals surface area contributed by atoms with Crippen LogP contribution in [0.5, 0.6) is 0 Å². The smallest absolute Gasteiger partial charge is 0.123 e. The lowest BCUT2D eigenvalue weighted by Gasteiger charge is -2.15. The fraction of sp³-hybridized carbons (Fsp3) is 0.261. The molecule has 0 aliphatic heterocycles. The summed E-state index contributed by atoms with van der Waals surface area (Å²) in [6, 6.07) is 17.3. The third-order valence-corrected chi connectivity index (χ3v) is 5.28. The summed E-state index contributed by atoms with van der Waals surface area (Å²) in [5.74, 6) is 0.124. The van der Waals surface area contributed by atoms with Gasteiger partial charge in [0.05, 0.1) is 11.4 Å². The van der Waals surface area contributed by atoms with Crippen LogP contribution in [0.2, 0.25) is 0 Å². The largest absolute Gasteiger partial charge is 0.306 e. The number of hydrogen-bond donors (Lipinski definition) is 1. The van der Waals surface area contributed by atoms with Gasteiger partial charge in [0.25, 0.3) is 0 Å². The topological polar surface area (TPSA) is 29.9 Å². The average Bonchev–Trinajstić information content (AvgIpc) is 3.25. The Kier molecular flexibility index (Phi) is 4.90. The monoisotopic (exact) mass is 361 g/mol. The Bertz CT molecular complexity index is 942. The van der Waals surface area contributed by atoms with E-state index in [9.17, 15) is 4.39 Å². The number of allylic oxidation sites excluding steroid dienone is 1. The fourth-order valence-corrected chi connectivity index (χ4v) is 3.93. The third kappa shape index (κ3) is 3.71. The molecule has 138 valence electrons. The van der Waals surface area contributed by atoms with Crippen LogP contribution in [-0.4, -0.2) is 15.8 Å². The summed E-state index contributed by atoms with van der Waals surface area (Å²) in [6.07, 6.45) is 5.58. The molecule has 0 saturated carbocycles. The Labute approximate surface area is 159 Å². The Morgan fingerprint density at radius 1 is 1.04 bits per heavy atom. The zero-order chi connectivity index (χ0) is 18.8. The van der Waals surface area contributed by atoms with Gasteiger partial charge < -0.3 is 5.32 Å². The van der Waals surface area contributed by atoms with Gasteiger partial charge in [0, 0.05) is 29.8 Å². The van der Waals surface area contributed by atoms with Crippen LogP contribution in [0.1, 0.15) is 34.9 Å². The maximum atomic E-state index is 13.2. The van der Waals surface area contributed by atoms with Crippen molar-refractivity contribution >= 4 is 0 Å². The van der Waals surface area contributed by atoms with Crippen LogP contribution in [-0.2, 0) is 6.54 Å². The number of hydrogen-bond acceptors (Lipinski definition) is 2. The van der Waals surface area contributed by atoms with Crippen molar-refractivity contribution in [1.29, 1.82) is 0 Å². The van der Waals surface area contributed by atoms with Crippen molar-refractivity contribution in [2.45, 2.75) is 38.8 Å². The first-order valence-electron chi connectivity index (χ1n) is 9.39. The second-order valence-corrected chi connectivity index (χ2v) is 7.17. The molecule has 4 heteroatoms. The zero-order valence-corrected chi connectivity index (χ0v) is 15.7. The number of nitrogens with one attached hydrogen (secondary N) is 1. The molecule has 0 saturated heterocycles. The number of nitrogens with zero attached hydrogens (tertiary/aromatic N) is 2. The minimum Gasteiger partial charge on any atom is -0.306 e. The van der Waals surface area contributed by atoms with Crippen molar-refractivity contribution in [1.82, 2.24) is 15.1 Å². The van der Waals surface area contributed by atoms with Crippen LogP contribution in [0.4, 0.5) is 4.39 Å².